The van der Waals surface area contributed by atoms with Gasteiger partial charge in [-0.3, -0.25) is 39.4 Å². The van der Waals surface area contributed by atoms with E-state index in [-0.39, 0.29) is 81.5 Å². The van der Waals surface area contributed by atoms with E-state index in [1.54, 1.807) is 48.5 Å². The molecule has 6 rings (SSSR count). The molecular formula is C40H30CrN10NaO12. The maximum Gasteiger partial charge on any atom is 3.00 e. The Kier molecular flexibility index (Phi) is 17.5. The number of nitro benzene ring substituents is 2. The second-order valence-corrected chi connectivity index (χ2v) is 13.0. The Bertz CT molecular complexity index is 2720. The van der Waals surface area contributed by atoms with E-state index in [1.807, 2.05) is 0 Å². The number of fused-ring (bicyclic) bond motifs is 2. The van der Waals surface area contributed by atoms with Crippen LogP contribution in [0.5, 0.6) is 23.0 Å². The van der Waals surface area contributed by atoms with E-state index in [9.17, 15) is 59.8 Å². The average molecular weight is 918 g/mol. The van der Waals surface area contributed by atoms with Gasteiger partial charge in [-0.05, 0) is 22.9 Å². The normalized spacial score (nSPS) is 10.6. The van der Waals surface area contributed by atoms with Crippen molar-refractivity contribution >= 4 is 102 Å². The van der Waals surface area contributed by atoms with Gasteiger partial charge in [0.05, 0.1) is 44.0 Å². The number of non-ortho nitro benzene ring substituents is 2. The molecular weight excluding hydrogens is 887 g/mol. The third kappa shape index (κ3) is 12.3. The van der Waals surface area contributed by atoms with Crippen molar-refractivity contribution < 1.29 is 96.4 Å². The van der Waals surface area contributed by atoms with Gasteiger partial charge in [0.2, 0.25) is 23.6 Å². The van der Waals surface area contributed by atoms with Gasteiger partial charge in [0.1, 0.15) is 0 Å². The van der Waals surface area contributed by atoms with Crippen LogP contribution in [0.1, 0.15) is 27.7 Å². The number of anilines is 4. The van der Waals surface area contributed by atoms with Crippen molar-refractivity contribution in [2.45, 2.75) is 27.7 Å². The molecule has 0 saturated carbocycles. The molecule has 0 saturated heterocycles. The molecule has 0 heterocycles. The van der Waals surface area contributed by atoms with Crippen LogP contribution in [0.3, 0.4) is 0 Å². The molecule has 0 unspecified atom stereocenters. The molecule has 64 heavy (non-hydrogen) atoms. The summed E-state index contributed by atoms with van der Waals surface area (Å²) >= 11 is 0. The number of nitrogens with one attached hydrogen (secondary N) is 4. The van der Waals surface area contributed by atoms with Gasteiger partial charge in [-0.1, -0.05) is 71.5 Å². The van der Waals surface area contributed by atoms with Gasteiger partial charge in [0, 0.05) is 74.1 Å². The Balaban J connectivity index is 0.000000330. The minimum Gasteiger partial charge on any atom is -0.871 e. The molecule has 6 aromatic carbocycles. The molecule has 0 aromatic heterocycles. The topological polar surface area (TPSA) is 344 Å². The van der Waals surface area contributed by atoms with Gasteiger partial charge in [-0.2, -0.15) is 20.5 Å². The summed E-state index contributed by atoms with van der Waals surface area (Å²) in [5.74, 6) is -4.62. The van der Waals surface area contributed by atoms with Gasteiger partial charge >= 0.3 is 46.9 Å². The summed E-state index contributed by atoms with van der Waals surface area (Å²) < 4.78 is 0. The zero-order valence-corrected chi connectivity index (χ0v) is 37.3. The fourth-order valence-corrected chi connectivity index (χ4v) is 5.80. The number of hydrogen-bond donors (Lipinski definition) is 4. The number of rotatable bonds is 10. The molecule has 0 fully saturated rings. The second-order valence-electron chi connectivity index (χ2n) is 13.0. The van der Waals surface area contributed by atoms with Crippen molar-refractivity contribution in [3.8, 4) is 23.0 Å². The van der Waals surface area contributed by atoms with Crippen molar-refractivity contribution in [2.75, 3.05) is 21.3 Å². The second kappa shape index (κ2) is 22.0. The molecule has 0 aliphatic carbocycles. The van der Waals surface area contributed by atoms with Crippen LogP contribution >= 0.6 is 0 Å². The average Bonchev–Trinajstić information content (AvgIpc) is 3.19. The zero-order valence-electron chi connectivity index (χ0n) is 34.1. The zero-order chi connectivity index (χ0) is 45.4. The molecule has 4 N–H and O–H groups in total. The molecule has 0 aliphatic rings. The first kappa shape index (κ1) is 50.8. The largest absolute Gasteiger partial charge is 3.00 e. The molecule has 1 radical (unpaired) electrons. The van der Waals surface area contributed by atoms with Crippen LogP contribution in [0.4, 0.5) is 56.9 Å². The van der Waals surface area contributed by atoms with E-state index < -0.39 is 67.4 Å². The summed E-state index contributed by atoms with van der Waals surface area (Å²) in [6, 6.07) is 19.1. The van der Waals surface area contributed by atoms with Gasteiger partial charge in [-0.25, -0.2) is 0 Å². The van der Waals surface area contributed by atoms with Crippen molar-refractivity contribution in [2.24, 2.45) is 20.5 Å². The molecule has 24 heteroatoms. The first-order valence-electron chi connectivity index (χ1n) is 17.7. The number of nitrogens with zero attached hydrogens (tertiary/aromatic N) is 6. The van der Waals surface area contributed by atoms with E-state index >= 15 is 0 Å². The fourth-order valence-electron chi connectivity index (χ4n) is 5.80. The van der Waals surface area contributed by atoms with Crippen molar-refractivity contribution in [1.29, 1.82) is 0 Å². The molecule has 0 spiro atoms. The molecule has 0 bridgehead atoms. The Hall–Kier alpha value is -7.55. The molecule has 319 valence electrons. The molecule has 0 atom stereocenters. The van der Waals surface area contributed by atoms with Crippen LogP contribution < -0.4 is 71.3 Å². The third-order valence-corrected chi connectivity index (χ3v) is 8.25. The number of carbonyl (C=O) groups is 4. The molecule has 6 aromatic rings. The van der Waals surface area contributed by atoms with Gasteiger partial charge in [0.25, 0.3) is 11.4 Å². The quantitative estimate of drug-likeness (QED) is 0.0664. The minimum atomic E-state index is -0.806. The number of carbonyl (C=O) groups excluding carboxylic acids is 4. The summed E-state index contributed by atoms with van der Waals surface area (Å²) in [5.41, 5.74) is -2.22. The smallest absolute Gasteiger partial charge is 0.871 e. The van der Waals surface area contributed by atoms with Crippen LogP contribution in [-0.2, 0) is 36.5 Å². The summed E-state index contributed by atoms with van der Waals surface area (Å²) in [6.07, 6.45) is 0. The van der Waals surface area contributed by atoms with Crippen molar-refractivity contribution in [3.63, 3.8) is 0 Å². The minimum absolute atomic E-state index is 0. The number of benzene rings is 6. The first-order chi connectivity index (χ1) is 29.3. The number of hydrogen-bond acceptors (Lipinski definition) is 16. The summed E-state index contributed by atoms with van der Waals surface area (Å²) in [7, 11) is 0. The maximum absolute atomic E-state index is 12.5. The van der Waals surface area contributed by atoms with Crippen LogP contribution in [0.2, 0.25) is 0 Å². The Morgan fingerprint density at radius 1 is 0.484 bits per heavy atom. The number of amides is 4. The number of azo groups is 2. The summed E-state index contributed by atoms with van der Waals surface area (Å²) in [4.78, 5) is 66.5. The van der Waals surface area contributed by atoms with Gasteiger partial charge in [-0.15, -0.1) is 0 Å². The predicted octanol–water partition coefficient (Wildman–Crippen LogP) is 3.46. The van der Waals surface area contributed by atoms with Crippen molar-refractivity contribution in [1.82, 2.24) is 0 Å². The Morgan fingerprint density at radius 3 is 1.12 bits per heavy atom. The van der Waals surface area contributed by atoms with Crippen LogP contribution in [0, 0.1) is 20.2 Å². The Morgan fingerprint density at radius 2 is 0.812 bits per heavy atom. The maximum atomic E-state index is 12.5. The first-order valence-corrected chi connectivity index (χ1v) is 17.7. The van der Waals surface area contributed by atoms with Crippen molar-refractivity contribution in [3.05, 3.63) is 105 Å². The van der Waals surface area contributed by atoms with E-state index in [0.29, 0.717) is 32.9 Å². The van der Waals surface area contributed by atoms with Gasteiger partial charge < -0.3 is 41.7 Å². The van der Waals surface area contributed by atoms with Crippen LogP contribution in [0.25, 0.3) is 21.5 Å². The number of nitro groups is 2. The van der Waals surface area contributed by atoms with E-state index in [0.717, 1.165) is 38.1 Å². The molecule has 0 aliphatic heterocycles. The van der Waals surface area contributed by atoms with E-state index in [4.69, 9.17) is 0 Å². The van der Waals surface area contributed by atoms with Crippen LogP contribution in [0.15, 0.2) is 105 Å². The Labute approximate surface area is 393 Å². The van der Waals surface area contributed by atoms with E-state index in [2.05, 4.69) is 41.7 Å². The third-order valence-electron chi connectivity index (χ3n) is 8.25. The summed E-state index contributed by atoms with van der Waals surface area (Å²) in [5, 5.41) is 99.0. The monoisotopic (exact) mass is 917 g/mol. The van der Waals surface area contributed by atoms with E-state index in [1.165, 1.54) is 26.0 Å². The van der Waals surface area contributed by atoms with Crippen LogP contribution in [-0.4, -0.2) is 33.5 Å². The van der Waals surface area contributed by atoms with Gasteiger partial charge in [0.15, 0.2) is 0 Å². The predicted molar refractivity (Wildman–Crippen MR) is 217 cm³/mol. The fraction of sp³-hybridized carbons (Fsp3) is 0.100. The SMILES string of the molecule is CC(=O)Nc1cc([N+](=O)[O-])cc(N=Nc2c([O-])ccc3cccc(NC(C)=O)c23)c1[O-].CC(=O)Nc1cc([N+](=O)[O-])cc(N=Nc2c([O-])ccc3cccc(NC(C)=O)c23)c1[O-].[Cr+3].[Na+]. The summed E-state index contributed by atoms with van der Waals surface area (Å²) in [6.45, 7) is 4.89. The molecule has 4 amide bonds. The standard InChI is InChI=1S/2C20H17N5O6.Cr.Na/c2*1-10(26)21-14-5-3-4-12-6-7-17(28)19(18(12)14)24-23-16-9-13(25(30)31)8-15(20(16)29)22-11(2)27;;/h2*3-9,28-29H,1-2H3,(H,21,26)(H,22,27);;/q;;+3;+1/p-4. The molecule has 22 nitrogen and oxygen atoms in total.